The van der Waals surface area contributed by atoms with E-state index in [4.69, 9.17) is 0 Å². The lowest BCUT2D eigenvalue weighted by Crippen LogP contribution is -2.34. The van der Waals surface area contributed by atoms with Crippen LogP contribution in [0.4, 0.5) is 35.1 Å². The Labute approximate surface area is 228 Å². The van der Waals surface area contributed by atoms with E-state index in [9.17, 15) is 43.5 Å². The zero-order chi connectivity index (χ0) is 30.2. The van der Waals surface area contributed by atoms with E-state index < -0.39 is 39.2 Å². The van der Waals surface area contributed by atoms with Crippen LogP contribution in [0.2, 0.25) is 0 Å². The molecule has 0 aliphatic heterocycles. The Balaban J connectivity index is 1.60. The molecule has 3 aromatic heterocycles. The van der Waals surface area contributed by atoms with Crippen molar-refractivity contribution in [1.29, 1.82) is 0 Å². The van der Waals surface area contributed by atoms with Crippen LogP contribution >= 0.6 is 0 Å². The van der Waals surface area contributed by atoms with Crippen molar-refractivity contribution in [2.45, 2.75) is 48.4 Å². The largest absolute Gasteiger partial charge is 0.459 e. The summed E-state index contributed by atoms with van der Waals surface area (Å²) in [5, 5.41) is 0. The van der Waals surface area contributed by atoms with Gasteiger partial charge < -0.3 is 4.57 Å². The number of halogens is 8. The zero-order valence-corrected chi connectivity index (χ0v) is 22.1. The highest BCUT2D eigenvalue weighted by Crippen LogP contribution is 2.59. The van der Waals surface area contributed by atoms with Crippen molar-refractivity contribution < 1.29 is 43.5 Å². The molecule has 0 atom stereocenters. The first-order valence-electron chi connectivity index (χ1n) is 12.1. The van der Waals surface area contributed by atoms with Gasteiger partial charge in [-0.3, -0.25) is 9.97 Å². The topological polar surface area (TPSA) is 77.7 Å². The van der Waals surface area contributed by atoms with E-state index in [-0.39, 0.29) is 57.2 Å². The Hall–Kier alpha value is -3.62. The number of fused-ring (bicyclic) bond motifs is 1. The highest BCUT2D eigenvalue weighted by molar-refractivity contribution is 7.91. The molecule has 0 saturated heterocycles. The van der Waals surface area contributed by atoms with E-state index in [2.05, 4.69) is 15.0 Å². The van der Waals surface area contributed by atoms with Gasteiger partial charge in [0, 0.05) is 18.8 Å². The molecule has 0 N–H and O–H groups in total. The minimum Gasteiger partial charge on any atom is -0.324 e. The van der Waals surface area contributed by atoms with Crippen molar-refractivity contribution in [3.63, 3.8) is 0 Å². The normalized spacial score (nSPS) is 15.9. The third-order valence-corrected chi connectivity index (χ3v) is 9.03. The Morgan fingerprint density at radius 3 is 2.07 bits per heavy atom. The summed E-state index contributed by atoms with van der Waals surface area (Å²) in [6.07, 6.45) is -8.28. The molecule has 0 bridgehead atoms. The molecular weight excluding hydrogens is 584 g/mol. The smallest absolute Gasteiger partial charge is 0.324 e. The average Bonchev–Trinajstić information content (AvgIpc) is 3.67. The number of rotatable bonds is 6. The maximum Gasteiger partial charge on any atom is 0.459 e. The Kier molecular flexibility index (Phi) is 6.48. The minimum absolute atomic E-state index is 0.0200. The number of nitrogens with zero attached hydrogens (tertiary/aromatic N) is 4. The van der Waals surface area contributed by atoms with E-state index in [1.807, 2.05) is 0 Å². The first kappa shape index (κ1) is 28.9. The molecule has 1 fully saturated rings. The van der Waals surface area contributed by atoms with Crippen LogP contribution in [-0.4, -0.2) is 46.0 Å². The van der Waals surface area contributed by atoms with Gasteiger partial charge in [-0.15, -0.1) is 0 Å². The van der Waals surface area contributed by atoms with Crippen molar-refractivity contribution in [3.05, 3.63) is 60.0 Å². The number of alkyl halides is 8. The summed E-state index contributed by atoms with van der Waals surface area (Å²) in [5.74, 6) is -5.75. The summed E-state index contributed by atoms with van der Waals surface area (Å²) >= 11 is 0. The molecule has 0 unspecified atom stereocenters. The SMILES string of the molecule is CCS(=O)(=O)c1cc(-c2ccc(C3(C(F)(F)F)CC3)cc2)cnc1-c1nc2cc(C(F)(F)C(F)(F)F)ncc2n1C. The quantitative estimate of drug-likeness (QED) is 0.228. The Morgan fingerprint density at radius 2 is 1.54 bits per heavy atom. The van der Waals surface area contributed by atoms with Crippen molar-refractivity contribution in [1.82, 2.24) is 19.5 Å². The number of aryl methyl sites for hydroxylation is 1. The van der Waals surface area contributed by atoms with Crippen LogP contribution in [0.1, 0.15) is 31.0 Å². The number of pyridine rings is 2. The third kappa shape index (κ3) is 4.63. The minimum atomic E-state index is -5.89. The lowest BCUT2D eigenvalue weighted by molar-refractivity contribution is -0.290. The molecule has 4 aromatic rings. The van der Waals surface area contributed by atoms with Gasteiger partial charge in [-0.25, -0.2) is 13.4 Å². The molecule has 6 nitrogen and oxygen atoms in total. The van der Waals surface area contributed by atoms with Crippen LogP contribution in [0.5, 0.6) is 0 Å². The molecule has 3 heterocycles. The lowest BCUT2D eigenvalue weighted by Gasteiger charge is -2.20. The average molecular weight is 605 g/mol. The number of sulfone groups is 1. The van der Waals surface area contributed by atoms with Gasteiger partial charge >= 0.3 is 18.3 Å². The van der Waals surface area contributed by atoms with Crippen LogP contribution in [0, 0.1) is 0 Å². The molecule has 0 radical (unpaired) electrons. The summed E-state index contributed by atoms with van der Waals surface area (Å²) in [7, 11) is -2.61. The molecule has 0 spiro atoms. The fraction of sp³-hybridized carbons (Fsp3) is 0.346. The van der Waals surface area contributed by atoms with E-state index in [1.54, 1.807) is 0 Å². The van der Waals surface area contributed by atoms with E-state index in [0.29, 0.717) is 11.6 Å². The van der Waals surface area contributed by atoms with Gasteiger partial charge in [-0.1, -0.05) is 31.2 Å². The van der Waals surface area contributed by atoms with Crippen molar-refractivity contribution in [2.24, 2.45) is 7.05 Å². The van der Waals surface area contributed by atoms with E-state index in [0.717, 1.165) is 6.20 Å². The number of benzene rings is 1. The highest BCUT2D eigenvalue weighted by atomic mass is 32.2. The van der Waals surface area contributed by atoms with Gasteiger partial charge in [-0.2, -0.15) is 35.1 Å². The van der Waals surface area contributed by atoms with Crippen molar-refractivity contribution in [2.75, 3.05) is 5.75 Å². The van der Waals surface area contributed by atoms with Gasteiger partial charge in [-0.05, 0) is 36.1 Å². The van der Waals surface area contributed by atoms with Crippen LogP contribution in [0.15, 0.2) is 53.7 Å². The Bertz CT molecular complexity index is 1760. The third-order valence-electron chi connectivity index (χ3n) is 7.29. The molecule has 15 heteroatoms. The van der Waals surface area contributed by atoms with E-state index >= 15 is 0 Å². The Morgan fingerprint density at radius 1 is 0.902 bits per heavy atom. The maximum atomic E-state index is 13.9. The molecule has 1 aliphatic carbocycles. The predicted octanol–water partition coefficient (Wildman–Crippen LogP) is 6.74. The summed E-state index contributed by atoms with van der Waals surface area (Å²) < 4.78 is 134. The standard InChI is InChI=1S/C26H20F8N4O2S/c1-3-41(39,40)19-10-15(14-4-6-16(7-5-14)23(8-9-23)25(29,30)31)12-36-21(19)22-37-17-11-20(24(27,28)26(32,33)34)35-13-18(17)38(22)2/h4-7,10-13H,3,8-9H2,1-2H3. The molecule has 1 saturated carbocycles. The van der Waals surface area contributed by atoms with Crippen molar-refractivity contribution >= 4 is 20.9 Å². The van der Waals surface area contributed by atoms with E-state index in [1.165, 1.54) is 55.1 Å². The molecule has 41 heavy (non-hydrogen) atoms. The molecule has 0 amide bonds. The van der Waals surface area contributed by atoms with Crippen LogP contribution in [0.25, 0.3) is 33.7 Å². The molecule has 1 aliphatic rings. The first-order valence-corrected chi connectivity index (χ1v) is 13.8. The van der Waals surface area contributed by atoms with Gasteiger partial charge in [0.25, 0.3) is 0 Å². The number of imidazole rings is 1. The summed E-state index contributed by atoms with van der Waals surface area (Å²) in [6, 6.07) is 7.29. The molecule has 218 valence electrons. The number of aromatic nitrogens is 4. The molecule has 5 rings (SSSR count). The second kappa shape index (κ2) is 9.19. The fourth-order valence-electron chi connectivity index (χ4n) is 4.62. The van der Waals surface area contributed by atoms with Gasteiger partial charge in [0.2, 0.25) is 0 Å². The second-order valence-corrected chi connectivity index (χ2v) is 12.0. The zero-order valence-electron chi connectivity index (χ0n) is 21.3. The molecule has 1 aromatic carbocycles. The van der Waals surface area contributed by atoms with Gasteiger partial charge in [0.1, 0.15) is 11.4 Å². The predicted molar refractivity (Wildman–Crippen MR) is 132 cm³/mol. The van der Waals surface area contributed by atoms with Gasteiger partial charge in [0.15, 0.2) is 15.7 Å². The van der Waals surface area contributed by atoms with Crippen LogP contribution in [0.3, 0.4) is 0 Å². The summed E-state index contributed by atoms with van der Waals surface area (Å²) in [5.41, 5.74) is -3.13. The lowest BCUT2D eigenvalue weighted by atomic mass is 9.93. The highest BCUT2D eigenvalue weighted by Gasteiger charge is 2.64. The number of hydrogen-bond acceptors (Lipinski definition) is 5. The van der Waals surface area contributed by atoms with Crippen LogP contribution in [-0.2, 0) is 28.2 Å². The second-order valence-electron chi connectivity index (χ2n) is 9.76. The van der Waals surface area contributed by atoms with Gasteiger partial charge in [0.05, 0.1) is 33.3 Å². The summed E-state index contributed by atoms with van der Waals surface area (Å²) in [4.78, 5) is 11.3. The molecular formula is C26H20F8N4O2S. The first-order chi connectivity index (χ1) is 18.9. The summed E-state index contributed by atoms with van der Waals surface area (Å²) in [6.45, 7) is 1.37. The number of hydrogen-bond donors (Lipinski definition) is 0. The van der Waals surface area contributed by atoms with Crippen molar-refractivity contribution in [3.8, 4) is 22.6 Å². The fourth-order valence-corrected chi connectivity index (χ4v) is 5.68. The van der Waals surface area contributed by atoms with Crippen LogP contribution < -0.4 is 0 Å². The maximum absolute atomic E-state index is 13.9. The monoisotopic (exact) mass is 604 g/mol.